The summed E-state index contributed by atoms with van der Waals surface area (Å²) in [6.45, 7) is 2.47. The van der Waals surface area contributed by atoms with Crippen LogP contribution in [0.3, 0.4) is 0 Å². The normalized spacial score (nSPS) is 13.7. The Labute approximate surface area is 170 Å². The summed E-state index contributed by atoms with van der Waals surface area (Å²) in [7, 11) is 0. The molecule has 0 spiro atoms. The molecule has 1 aliphatic carbocycles. The van der Waals surface area contributed by atoms with Gasteiger partial charge in [0.25, 0.3) is 0 Å². The molecular weight excluding hydrogens is 368 g/mol. The molecular formula is C22H24N4OS. The number of carbonyl (C=O) groups excluding carboxylic acids is 1. The van der Waals surface area contributed by atoms with Crippen molar-refractivity contribution >= 4 is 22.4 Å². The summed E-state index contributed by atoms with van der Waals surface area (Å²) in [5.74, 6) is 3.14. The van der Waals surface area contributed by atoms with E-state index >= 15 is 0 Å². The first-order valence-corrected chi connectivity index (χ1v) is 10.4. The molecule has 28 heavy (non-hydrogen) atoms. The number of urea groups is 1. The highest BCUT2D eigenvalue weighted by molar-refractivity contribution is 7.16. The predicted octanol–water partition coefficient (Wildman–Crippen LogP) is 4.41. The number of terminal acetylenes is 1. The zero-order chi connectivity index (χ0) is 19.9. The second kappa shape index (κ2) is 9.39. The van der Waals surface area contributed by atoms with Crippen LogP contribution in [0, 0.1) is 36.5 Å². The number of nitriles is 1. The molecule has 0 atom stereocenters. The maximum absolute atomic E-state index is 12.8. The predicted molar refractivity (Wildman–Crippen MR) is 112 cm³/mol. The summed E-state index contributed by atoms with van der Waals surface area (Å²) < 4.78 is 0. The largest absolute Gasteiger partial charge is 0.327 e. The van der Waals surface area contributed by atoms with Gasteiger partial charge < -0.3 is 5.32 Å². The third-order valence-corrected chi connectivity index (χ3v) is 6.19. The summed E-state index contributed by atoms with van der Waals surface area (Å²) in [4.78, 5) is 19.2. The minimum absolute atomic E-state index is 0.167. The molecule has 5 nitrogen and oxygen atoms in total. The molecule has 1 N–H and O–H groups in total. The van der Waals surface area contributed by atoms with E-state index in [4.69, 9.17) is 16.7 Å². The van der Waals surface area contributed by atoms with Crippen molar-refractivity contribution in [2.24, 2.45) is 5.92 Å². The molecule has 3 rings (SSSR count). The molecule has 144 valence electrons. The number of anilines is 1. The number of aromatic nitrogens is 1. The van der Waals surface area contributed by atoms with Crippen LogP contribution in [-0.4, -0.2) is 17.6 Å². The zero-order valence-electron chi connectivity index (χ0n) is 16.1. The van der Waals surface area contributed by atoms with E-state index in [-0.39, 0.29) is 12.6 Å². The first-order valence-electron chi connectivity index (χ1n) is 9.55. The van der Waals surface area contributed by atoms with Gasteiger partial charge in [-0.25, -0.2) is 9.78 Å². The standard InChI is InChI=1S/C22H24N4OS/c1-3-11-24-22(27)26(15-19-10-6-9-18(12-19)14-23)21-16(2)25-20(28-21)13-17-7-4-5-8-17/h1,6,9-10,12,17H,4-5,7-8,11,13,15H2,2H3,(H,24,27). The van der Waals surface area contributed by atoms with Crippen LogP contribution < -0.4 is 10.2 Å². The van der Waals surface area contributed by atoms with E-state index in [1.54, 1.807) is 28.4 Å². The SMILES string of the molecule is C#CCNC(=O)N(Cc1cccc(C#N)c1)c1sc(CC2CCCC2)nc1C. The van der Waals surface area contributed by atoms with Gasteiger partial charge in [0.15, 0.2) is 0 Å². The van der Waals surface area contributed by atoms with Gasteiger partial charge in [-0.2, -0.15) is 5.26 Å². The number of hydrogen-bond donors (Lipinski definition) is 1. The van der Waals surface area contributed by atoms with Crippen LogP contribution in [-0.2, 0) is 13.0 Å². The average Bonchev–Trinajstić information content (AvgIpc) is 3.34. The van der Waals surface area contributed by atoms with Crippen LogP contribution >= 0.6 is 11.3 Å². The van der Waals surface area contributed by atoms with Crippen LogP contribution in [0.4, 0.5) is 9.80 Å². The molecule has 1 heterocycles. The molecule has 1 aromatic carbocycles. The molecule has 6 heteroatoms. The summed E-state index contributed by atoms with van der Waals surface area (Å²) in [5.41, 5.74) is 2.31. The van der Waals surface area contributed by atoms with Gasteiger partial charge in [0.2, 0.25) is 0 Å². The van der Waals surface area contributed by atoms with Crippen molar-refractivity contribution in [1.82, 2.24) is 10.3 Å². The molecule has 1 fully saturated rings. The Balaban J connectivity index is 1.85. The van der Waals surface area contributed by atoms with Crippen molar-refractivity contribution in [3.63, 3.8) is 0 Å². The van der Waals surface area contributed by atoms with E-state index in [0.717, 1.165) is 27.7 Å². The van der Waals surface area contributed by atoms with Gasteiger partial charge in [0.1, 0.15) is 5.00 Å². The van der Waals surface area contributed by atoms with Gasteiger partial charge >= 0.3 is 6.03 Å². The summed E-state index contributed by atoms with van der Waals surface area (Å²) >= 11 is 1.58. The van der Waals surface area contributed by atoms with Crippen LogP contribution in [0.15, 0.2) is 24.3 Å². The third kappa shape index (κ3) is 4.91. The van der Waals surface area contributed by atoms with Gasteiger partial charge in [0, 0.05) is 6.42 Å². The molecule has 2 amide bonds. The molecule has 1 aromatic heterocycles. The zero-order valence-corrected chi connectivity index (χ0v) is 16.9. The fraction of sp³-hybridized carbons (Fsp3) is 0.409. The fourth-order valence-corrected chi connectivity index (χ4v) is 4.80. The molecule has 1 saturated carbocycles. The topological polar surface area (TPSA) is 69.0 Å². The van der Waals surface area contributed by atoms with Gasteiger partial charge in [-0.15, -0.1) is 17.8 Å². The third-order valence-electron chi connectivity index (χ3n) is 4.98. The minimum atomic E-state index is -0.250. The van der Waals surface area contributed by atoms with E-state index < -0.39 is 0 Å². The number of nitrogens with one attached hydrogen (secondary N) is 1. The van der Waals surface area contributed by atoms with Crippen molar-refractivity contribution in [2.75, 3.05) is 11.4 Å². The van der Waals surface area contributed by atoms with Crippen molar-refractivity contribution in [1.29, 1.82) is 5.26 Å². The number of rotatable bonds is 6. The Morgan fingerprint density at radius 3 is 2.93 bits per heavy atom. The fourth-order valence-electron chi connectivity index (χ4n) is 3.62. The monoisotopic (exact) mass is 392 g/mol. The van der Waals surface area contributed by atoms with Gasteiger partial charge in [-0.1, -0.05) is 43.7 Å². The maximum Gasteiger partial charge on any atom is 0.323 e. The molecule has 0 aliphatic heterocycles. The van der Waals surface area contributed by atoms with Crippen molar-refractivity contribution < 1.29 is 4.79 Å². The molecule has 0 radical (unpaired) electrons. The Hall–Kier alpha value is -2.83. The number of aryl methyl sites for hydroxylation is 1. The number of carbonyl (C=O) groups is 1. The lowest BCUT2D eigenvalue weighted by Gasteiger charge is -2.22. The number of thiazole rings is 1. The van der Waals surface area contributed by atoms with Gasteiger partial charge in [-0.3, -0.25) is 4.90 Å². The molecule has 2 aromatic rings. The quantitative estimate of drug-likeness (QED) is 0.741. The average molecular weight is 393 g/mol. The Morgan fingerprint density at radius 1 is 1.43 bits per heavy atom. The molecule has 1 aliphatic rings. The van der Waals surface area contributed by atoms with Crippen molar-refractivity contribution in [2.45, 2.75) is 45.6 Å². The highest BCUT2D eigenvalue weighted by Crippen LogP contribution is 2.34. The van der Waals surface area contributed by atoms with E-state index in [9.17, 15) is 4.79 Å². The Bertz CT molecular complexity index is 915. The summed E-state index contributed by atoms with van der Waals surface area (Å²) in [6, 6.07) is 9.20. The highest BCUT2D eigenvalue weighted by atomic mass is 32.1. The van der Waals surface area contributed by atoms with Crippen LogP contribution in [0.2, 0.25) is 0 Å². The van der Waals surface area contributed by atoms with E-state index in [0.29, 0.717) is 18.0 Å². The highest BCUT2D eigenvalue weighted by Gasteiger charge is 2.23. The van der Waals surface area contributed by atoms with Gasteiger partial charge in [0.05, 0.1) is 35.4 Å². The second-order valence-electron chi connectivity index (χ2n) is 7.11. The smallest absolute Gasteiger partial charge is 0.323 e. The first kappa shape index (κ1) is 19.9. The van der Waals surface area contributed by atoms with E-state index in [2.05, 4.69) is 17.3 Å². The Kier molecular flexibility index (Phi) is 6.68. The number of benzene rings is 1. The number of hydrogen-bond acceptors (Lipinski definition) is 4. The summed E-state index contributed by atoms with van der Waals surface area (Å²) in [5, 5.41) is 13.8. The summed E-state index contributed by atoms with van der Waals surface area (Å²) in [6.07, 6.45) is 11.4. The lowest BCUT2D eigenvalue weighted by molar-refractivity contribution is 0.247. The lowest BCUT2D eigenvalue weighted by Crippen LogP contribution is -2.39. The van der Waals surface area contributed by atoms with Crippen LogP contribution in [0.5, 0.6) is 0 Å². The van der Waals surface area contributed by atoms with Crippen molar-refractivity contribution in [3.8, 4) is 18.4 Å². The maximum atomic E-state index is 12.8. The Morgan fingerprint density at radius 2 is 2.21 bits per heavy atom. The van der Waals surface area contributed by atoms with Crippen LogP contribution in [0.1, 0.15) is 47.5 Å². The number of nitrogens with zero attached hydrogens (tertiary/aromatic N) is 3. The molecule has 0 saturated heterocycles. The second-order valence-corrected chi connectivity index (χ2v) is 8.18. The van der Waals surface area contributed by atoms with E-state index in [1.807, 2.05) is 19.1 Å². The molecule has 0 unspecified atom stereocenters. The van der Waals surface area contributed by atoms with Gasteiger partial charge in [-0.05, 0) is 30.5 Å². The first-order chi connectivity index (χ1) is 13.6. The number of amides is 2. The van der Waals surface area contributed by atoms with Crippen LogP contribution in [0.25, 0.3) is 0 Å². The van der Waals surface area contributed by atoms with Crippen molar-refractivity contribution in [3.05, 3.63) is 46.1 Å². The van der Waals surface area contributed by atoms with E-state index in [1.165, 1.54) is 25.7 Å². The minimum Gasteiger partial charge on any atom is -0.327 e. The lowest BCUT2D eigenvalue weighted by atomic mass is 10.1. The molecule has 0 bridgehead atoms.